The Morgan fingerprint density at radius 2 is 2.03 bits per heavy atom. The van der Waals surface area contributed by atoms with Crippen LogP contribution >= 0.6 is 27.5 Å². The van der Waals surface area contributed by atoms with Crippen molar-refractivity contribution in [2.24, 2.45) is 5.10 Å². The van der Waals surface area contributed by atoms with Gasteiger partial charge in [0.1, 0.15) is 6.61 Å². The van der Waals surface area contributed by atoms with Crippen LogP contribution in [0.2, 0.25) is 5.02 Å². The average molecular weight is 548 g/mol. The maximum Gasteiger partial charge on any atom is 0.339 e. The molecule has 2 amide bonds. The standard InChI is InChI=1S/C23H20BrClN4O5/c1-14-8-17(6-7-19(14)24)27-23(30)28-26-12-16-10-20(25)22(21(11-16)33-2)34-13-15-4-3-5-18(9-15)29(31)32/h3-12H,13H2,1-2H3,(H2,27,28,30)/b26-12+. The predicted octanol–water partition coefficient (Wildman–Crippen LogP) is 6.06. The first kappa shape index (κ1) is 25.0. The van der Waals surface area contributed by atoms with E-state index in [-0.39, 0.29) is 23.1 Å². The number of anilines is 1. The van der Waals surface area contributed by atoms with Crippen molar-refractivity contribution in [3.63, 3.8) is 0 Å². The molecular formula is C23H20BrClN4O5. The SMILES string of the molecule is COc1cc(/C=N/NC(=O)Nc2ccc(Br)c(C)c2)cc(Cl)c1OCc1cccc([N+](=O)[O-])c1. The van der Waals surface area contributed by atoms with Crippen LogP contribution in [-0.4, -0.2) is 24.3 Å². The number of carbonyl (C=O) groups excluding carboxylic acids is 1. The largest absolute Gasteiger partial charge is 0.493 e. The van der Waals surface area contributed by atoms with Crippen molar-refractivity contribution >= 4 is 51.2 Å². The number of ether oxygens (including phenoxy) is 2. The first-order valence-electron chi connectivity index (χ1n) is 9.86. The minimum atomic E-state index is -0.507. The van der Waals surface area contributed by atoms with Crippen molar-refractivity contribution in [2.45, 2.75) is 13.5 Å². The van der Waals surface area contributed by atoms with Gasteiger partial charge in [-0.2, -0.15) is 5.10 Å². The highest BCUT2D eigenvalue weighted by atomic mass is 79.9. The van der Waals surface area contributed by atoms with E-state index < -0.39 is 11.0 Å². The number of carbonyl (C=O) groups is 1. The van der Waals surface area contributed by atoms with Crippen molar-refractivity contribution in [1.29, 1.82) is 0 Å². The van der Waals surface area contributed by atoms with E-state index in [1.54, 1.807) is 30.3 Å². The highest BCUT2D eigenvalue weighted by Crippen LogP contribution is 2.36. The van der Waals surface area contributed by atoms with Gasteiger partial charge in [0.25, 0.3) is 5.69 Å². The number of hydrogen-bond donors (Lipinski definition) is 2. The molecule has 0 spiro atoms. The van der Waals surface area contributed by atoms with E-state index in [4.69, 9.17) is 21.1 Å². The summed E-state index contributed by atoms with van der Waals surface area (Å²) in [5.74, 6) is 0.623. The van der Waals surface area contributed by atoms with Crippen LogP contribution in [0.25, 0.3) is 0 Å². The molecule has 0 bridgehead atoms. The number of nitro groups is 1. The third kappa shape index (κ3) is 6.69. The van der Waals surface area contributed by atoms with Crippen LogP contribution in [0, 0.1) is 17.0 Å². The Kier molecular flexibility index (Phi) is 8.44. The number of aryl methyl sites for hydroxylation is 1. The second kappa shape index (κ2) is 11.5. The topological polar surface area (TPSA) is 115 Å². The zero-order valence-corrected chi connectivity index (χ0v) is 20.5. The molecule has 9 nitrogen and oxygen atoms in total. The molecule has 0 radical (unpaired) electrons. The molecule has 0 aliphatic carbocycles. The van der Waals surface area contributed by atoms with E-state index >= 15 is 0 Å². The van der Waals surface area contributed by atoms with Gasteiger partial charge in [0.2, 0.25) is 0 Å². The Labute approximate surface area is 209 Å². The lowest BCUT2D eigenvalue weighted by Gasteiger charge is -2.13. The van der Waals surface area contributed by atoms with Crippen molar-refractivity contribution in [3.05, 3.63) is 90.9 Å². The van der Waals surface area contributed by atoms with Gasteiger partial charge >= 0.3 is 6.03 Å². The van der Waals surface area contributed by atoms with Gasteiger partial charge in [-0.05, 0) is 53.9 Å². The van der Waals surface area contributed by atoms with Gasteiger partial charge in [-0.1, -0.05) is 39.7 Å². The molecule has 2 N–H and O–H groups in total. The summed E-state index contributed by atoms with van der Waals surface area (Å²) >= 11 is 9.77. The Bertz CT molecular complexity index is 1250. The third-order valence-corrected chi connectivity index (χ3v) is 5.72. The zero-order valence-electron chi connectivity index (χ0n) is 18.2. The number of urea groups is 1. The minimum Gasteiger partial charge on any atom is -0.493 e. The van der Waals surface area contributed by atoms with Crippen LogP contribution in [-0.2, 0) is 6.61 Å². The summed E-state index contributed by atoms with van der Waals surface area (Å²) in [5.41, 5.74) is 5.13. The van der Waals surface area contributed by atoms with E-state index in [2.05, 4.69) is 31.8 Å². The van der Waals surface area contributed by atoms with Gasteiger partial charge in [-0.25, -0.2) is 10.2 Å². The Hall–Kier alpha value is -3.63. The third-order valence-electron chi connectivity index (χ3n) is 4.55. The normalized spacial score (nSPS) is 10.7. The lowest BCUT2D eigenvalue weighted by atomic mass is 10.2. The predicted molar refractivity (Wildman–Crippen MR) is 134 cm³/mol. The number of non-ortho nitro benzene ring substituents is 1. The summed E-state index contributed by atoms with van der Waals surface area (Å²) in [6.07, 6.45) is 1.41. The van der Waals surface area contributed by atoms with Gasteiger partial charge in [0.15, 0.2) is 11.5 Å². The molecule has 0 saturated heterocycles. The van der Waals surface area contributed by atoms with Crippen molar-refractivity contribution in [1.82, 2.24) is 5.43 Å². The molecule has 0 atom stereocenters. The molecule has 0 unspecified atom stereocenters. The number of nitro benzene ring substituents is 1. The van der Waals surface area contributed by atoms with Gasteiger partial charge in [-0.3, -0.25) is 10.1 Å². The molecule has 11 heteroatoms. The fourth-order valence-corrected chi connectivity index (χ4v) is 3.44. The molecule has 0 heterocycles. The average Bonchev–Trinajstić information content (AvgIpc) is 2.80. The number of benzene rings is 3. The number of halogens is 2. The van der Waals surface area contributed by atoms with Crippen LogP contribution in [0.15, 0.2) is 64.2 Å². The molecule has 0 saturated carbocycles. The number of hydrazone groups is 1. The minimum absolute atomic E-state index is 0.0301. The Balaban J connectivity index is 1.64. The quantitative estimate of drug-likeness (QED) is 0.202. The monoisotopic (exact) mass is 546 g/mol. The number of rotatable bonds is 8. The van der Waals surface area contributed by atoms with E-state index in [0.717, 1.165) is 10.0 Å². The molecule has 0 aliphatic rings. The highest BCUT2D eigenvalue weighted by molar-refractivity contribution is 9.10. The zero-order chi connectivity index (χ0) is 24.7. The first-order chi connectivity index (χ1) is 16.3. The smallest absolute Gasteiger partial charge is 0.339 e. The van der Waals surface area contributed by atoms with Crippen molar-refractivity contribution in [2.75, 3.05) is 12.4 Å². The molecule has 34 heavy (non-hydrogen) atoms. The summed E-state index contributed by atoms with van der Waals surface area (Å²) in [7, 11) is 1.46. The van der Waals surface area contributed by atoms with Crippen LogP contribution in [0.5, 0.6) is 11.5 Å². The van der Waals surface area contributed by atoms with Gasteiger partial charge in [0, 0.05) is 22.3 Å². The van der Waals surface area contributed by atoms with Gasteiger partial charge in [-0.15, -0.1) is 0 Å². The van der Waals surface area contributed by atoms with Crippen molar-refractivity contribution < 1.29 is 19.2 Å². The van der Waals surface area contributed by atoms with Crippen LogP contribution in [0.1, 0.15) is 16.7 Å². The van der Waals surface area contributed by atoms with E-state index in [1.165, 1.54) is 25.5 Å². The molecule has 3 aromatic carbocycles. The lowest BCUT2D eigenvalue weighted by molar-refractivity contribution is -0.384. The molecule has 3 rings (SSSR count). The molecular weight excluding hydrogens is 528 g/mol. The fourth-order valence-electron chi connectivity index (χ4n) is 2.92. The van der Waals surface area contributed by atoms with E-state index in [0.29, 0.717) is 22.6 Å². The lowest BCUT2D eigenvalue weighted by Crippen LogP contribution is -2.24. The number of methoxy groups -OCH3 is 1. The highest BCUT2D eigenvalue weighted by Gasteiger charge is 2.13. The molecule has 0 fully saturated rings. The van der Waals surface area contributed by atoms with Crippen LogP contribution in [0.3, 0.4) is 0 Å². The summed E-state index contributed by atoms with van der Waals surface area (Å²) in [6.45, 7) is 1.97. The number of hydrogen-bond acceptors (Lipinski definition) is 6. The summed E-state index contributed by atoms with van der Waals surface area (Å²) < 4.78 is 12.1. The summed E-state index contributed by atoms with van der Waals surface area (Å²) in [4.78, 5) is 22.5. The second-order valence-corrected chi connectivity index (χ2v) is 8.30. The fraction of sp³-hybridized carbons (Fsp3) is 0.130. The Morgan fingerprint density at radius 3 is 2.74 bits per heavy atom. The number of amides is 2. The maximum absolute atomic E-state index is 12.1. The second-order valence-electron chi connectivity index (χ2n) is 7.04. The first-order valence-corrected chi connectivity index (χ1v) is 11.0. The van der Waals surface area contributed by atoms with E-state index in [9.17, 15) is 14.9 Å². The van der Waals surface area contributed by atoms with Gasteiger partial charge < -0.3 is 14.8 Å². The van der Waals surface area contributed by atoms with Crippen LogP contribution in [0.4, 0.5) is 16.2 Å². The molecule has 0 aromatic heterocycles. The molecule has 176 valence electrons. The number of nitrogens with zero attached hydrogens (tertiary/aromatic N) is 2. The van der Waals surface area contributed by atoms with Crippen LogP contribution < -0.4 is 20.2 Å². The summed E-state index contributed by atoms with van der Waals surface area (Å²) in [5, 5.41) is 17.8. The number of nitrogens with one attached hydrogen (secondary N) is 2. The Morgan fingerprint density at radius 1 is 1.24 bits per heavy atom. The molecule has 3 aromatic rings. The maximum atomic E-state index is 12.1. The van der Waals surface area contributed by atoms with Crippen molar-refractivity contribution in [3.8, 4) is 11.5 Å². The van der Waals surface area contributed by atoms with Gasteiger partial charge in [0.05, 0.1) is 23.3 Å². The summed E-state index contributed by atoms with van der Waals surface area (Å²) in [6, 6.07) is 14.3. The van der Waals surface area contributed by atoms with E-state index in [1.807, 2.05) is 19.1 Å². The molecule has 0 aliphatic heterocycles.